The highest BCUT2D eigenvalue weighted by atomic mass is 35.5. The Balaban J connectivity index is 1.32. The van der Waals surface area contributed by atoms with Gasteiger partial charge in [-0.2, -0.15) is 0 Å². The Labute approximate surface area is 267 Å². The number of carbonyl (C=O) groups excluding carboxylic acids is 2. The molecule has 1 atom stereocenters. The second-order valence-corrected chi connectivity index (χ2v) is 13.0. The van der Waals surface area contributed by atoms with Crippen molar-refractivity contribution in [3.8, 4) is 22.6 Å². The number of likely N-dealkylation sites (tertiary alicyclic amines) is 1. The van der Waals surface area contributed by atoms with Crippen molar-refractivity contribution >= 4 is 40.0 Å². The zero-order valence-corrected chi connectivity index (χ0v) is 27.0. The van der Waals surface area contributed by atoms with E-state index < -0.39 is 22.0 Å². The topological polar surface area (TPSA) is 132 Å². The second-order valence-electron chi connectivity index (χ2n) is 11.0. The second kappa shape index (κ2) is 13.9. The summed E-state index contributed by atoms with van der Waals surface area (Å²) in [5, 5.41) is 3.19. The molecule has 1 aromatic heterocycles. The number of hydrogen-bond acceptors (Lipinski definition) is 7. The lowest BCUT2D eigenvalue weighted by molar-refractivity contribution is -0.133. The molecule has 45 heavy (non-hydrogen) atoms. The third-order valence-corrected chi connectivity index (χ3v) is 9.46. The summed E-state index contributed by atoms with van der Waals surface area (Å²) in [5.74, 6) is 0.890. The standard InChI is InChI=1S/C31H36ClN5O7S/c1-43-22-7-8-25-20(17-22)9-14-36(30(40)33-25)21-10-12-34(13-11-21)27(38)19-35-18-24(23-5-4-6-26(44-2)28(23)32)29(39)37(31(35)41)15-16-45(3)42/h4-8,17-18,21H,9-16,19H2,1-3H3,(H,33,40). The lowest BCUT2D eigenvalue weighted by Gasteiger charge is -2.38. The van der Waals surface area contributed by atoms with Crippen molar-refractivity contribution in [1.82, 2.24) is 18.9 Å². The number of anilines is 1. The van der Waals surface area contributed by atoms with Crippen molar-refractivity contribution < 1.29 is 23.3 Å². The highest BCUT2D eigenvalue weighted by Crippen LogP contribution is 2.33. The molecule has 1 unspecified atom stereocenters. The summed E-state index contributed by atoms with van der Waals surface area (Å²) >= 11 is 6.53. The van der Waals surface area contributed by atoms with Crippen molar-refractivity contribution in [2.45, 2.75) is 38.4 Å². The zero-order chi connectivity index (χ0) is 32.2. The van der Waals surface area contributed by atoms with Gasteiger partial charge in [-0.15, -0.1) is 0 Å². The number of ether oxygens (including phenoxy) is 2. The number of benzene rings is 2. The Bertz CT molecular complexity index is 1750. The smallest absolute Gasteiger partial charge is 0.331 e. The molecule has 5 rings (SSSR count). The molecule has 1 saturated heterocycles. The number of rotatable bonds is 9. The van der Waals surface area contributed by atoms with Crippen LogP contribution in [-0.2, 0) is 35.1 Å². The quantitative estimate of drug-likeness (QED) is 0.374. The van der Waals surface area contributed by atoms with Crippen LogP contribution in [0.1, 0.15) is 18.4 Å². The number of aromatic nitrogens is 2. The fourth-order valence-corrected chi connectivity index (χ4v) is 6.57. The first-order valence-corrected chi connectivity index (χ1v) is 16.7. The van der Waals surface area contributed by atoms with Gasteiger partial charge in [0.05, 0.1) is 24.8 Å². The van der Waals surface area contributed by atoms with Crippen molar-refractivity contribution in [3.05, 3.63) is 74.0 Å². The lowest BCUT2D eigenvalue weighted by atomic mass is 10.0. The Hall–Kier alpha value is -4.10. The summed E-state index contributed by atoms with van der Waals surface area (Å²) in [6, 6.07) is 10.3. The molecule has 3 heterocycles. The minimum Gasteiger partial charge on any atom is -0.497 e. The number of hydrogen-bond donors (Lipinski definition) is 1. The van der Waals surface area contributed by atoms with Crippen LogP contribution in [0.25, 0.3) is 11.1 Å². The summed E-state index contributed by atoms with van der Waals surface area (Å²) in [6.07, 6.45) is 4.68. The molecule has 0 radical (unpaired) electrons. The summed E-state index contributed by atoms with van der Waals surface area (Å²) in [5.41, 5.74) is 0.977. The maximum atomic E-state index is 13.5. The van der Waals surface area contributed by atoms with E-state index in [2.05, 4.69) is 5.32 Å². The minimum atomic E-state index is -1.25. The number of nitrogens with zero attached hydrogens (tertiary/aromatic N) is 4. The predicted molar refractivity (Wildman–Crippen MR) is 173 cm³/mol. The van der Waals surface area contributed by atoms with Gasteiger partial charge in [0, 0.05) is 72.5 Å². The monoisotopic (exact) mass is 657 g/mol. The molecular formula is C31H36ClN5O7S. The lowest BCUT2D eigenvalue weighted by Crippen LogP contribution is -2.51. The molecule has 1 N–H and O–H groups in total. The van der Waals surface area contributed by atoms with Gasteiger partial charge in [0.2, 0.25) is 5.91 Å². The van der Waals surface area contributed by atoms with E-state index in [-0.39, 0.29) is 47.4 Å². The molecule has 2 aromatic carbocycles. The summed E-state index contributed by atoms with van der Waals surface area (Å²) < 4.78 is 24.6. The first-order chi connectivity index (χ1) is 21.6. The van der Waals surface area contributed by atoms with Crippen LogP contribution in [0.2, 0.25) is 5.02 Å². The van der Waals surface area contributed by atoms with E-state index in [1.165, 1.54) is 24.1 Å². The fourth-order valence-electron chi connectivity index (χ4n) is 5.82. The predicted octanol–water partition coefficient (Wildman–Crippen LogP) is 2.81. The first-order valence-electron chi connectivity index (χ1n) is 14.6. The van der Waals surface area contributed by atoms with Gasteiger partial charge in [-0.1, -0.05) is 23.7 Å². The molecule has 3 aromatic rings. The number of amides is 3. The molecule has 2 aliphatic heterocycles. The van der Waals surface area contributed by atoms with Gasteiger partial charge in [-0.25, -0.2) is 9.59 Å². The van der Waals surface area contributed by atoms with Gasteiger partial charge in [-0.3, -0.25) is 22.9 Å². The average Bonchev–Trinajstić information content (AvgIpc) is 3.20. The molecule has 0 saturated carbocycles. The van der Waals surface area contributed by atoms with Crippen molar-refractivity contribution in [2.75, 3.05) is 51.2 Å². The molecule has 0 aliphatic carbocycles. The number of nitrogens with one attached hydrogen (secondary N) is 1. The Morgan fingerprint density at radius 3 is 2.49 bits per heavy atom. The van der Waals surface area contributed by atoms with Gasteiger partial charge in [-0.05, 0) is 49.1 Å². The molecule has 12 nitrogen and oxygen atoms in total. The molecule has 2 aliphatic rings. The van der Waals surface area contributed by atoms with Gasteiger partial charge in [0.1, 0.15) is 18.0 Å². The third kappa shape index (κ3) is 6.94. The number of piperidine rings is 1. The maximum absolute atomic E-state index is 13.5. The number of fused-ring (bicyclic) bond motifs is 1. The molecule has 240 valence electrons. The molecule has 0 spiro atoms. The first kappa shape index (κ1) is 32.3. The minimum absolute atomic E-state index is 0.0494. The highest BCUT2D eigenvalue weighted by molar-refractivity contribution is 7.84. The van der Waals surface area contributed by atoms with Crippen LogP contribution in [0.3, 0.4) is 0 Å². The van der Waals surface area contributed by atoms with Crippen LogP contribution in [-0.4, -0.2) is 87.0 Å². The van der Waals surface area contributed by atoms with E-state index in [0.717, 1.165) is 21.6 Å². The highest BCUT2D eigenvalue weighted by Gasteiger charge is 2.32. The Kier molecular flexibility index (Phi) is 9.98. The average molecular weight is 658 g/mol. The van der Waals surface area contributed by atoms with E-state index in [1.807, 2.05) is 23.1 Å². The van der Waals surface area contributed by atoms with Crippen LogP contribution in [0.4, 0.5) is 10.5 Å². The number of methoxy groups -OCH3 is 2. The molecule has 3 amide bonds. The normalized spacial score (nSPS) is 16.0. The van der Waals surface area contributed by atoms with Gasteiger partial charge >= 0.3 is 11.7 Å². The van der Waals surface area contributed by atoms with Crippen molar-refractivity contribution in [2.24, 2.45) is 0 Å². The van der Waals surface area contributed by atoms with Gasteiger partial charge in [0.15, 0.2) is 0 Å². The van der Waals surface area contributed by atoms with E-state index in [0.29, 0.717) is 50.2 Å². The number of halogens is 1. The third-order valence-electron chi connectivity index (χ3n) is 8.31. The van der Waals surface area contributed by atoms with Crippen LogP contribution < -0.4 is 26.0 Å². The van der Waals surface area contributed by atoms with Crippen LogP contribution in [0.15, 0.2) is 52.2 Å². The molecular weight excluding hydrogens is 622 g/mol. The van der Waals surface area contributed by atoms with E-state index >= 15 is 0 Å². The van der Waals surface area contributed by atoms with Crippen LogP contribution >= 0.6 is 11.6 Å². The largest absolute Gasteiger partial charge is 0.497 e. The summed E-state index contributed by atoms with van der Waals surface area (Å²) in [4.78, 5) is 56.9. The van der Waals surface area contributed by atoms with Gasteiger partial charge in [0.25, 0.3) is 5.56 Å². The fraction of sp³-hybridized carbons (Fsp3) is 0.419. The van der Waals surface area contributed by atoms with Crippen LogP contribution in [0, 0.1) is 0 Å². The van der Waals surface area contributed by atoms with Crippen molar-refractivity contribution in [1.29, 1.82) is 0 Å². The number of urea groups is 1. The maximum Gasteiger partial charge on any atom is 0.331 e. The van der Waals surface area contributed by atoms with E-state index in [4.69, 9.17) is 21.1 Å². The Morgan fingerprint density at radius 2 is 1.80 bits per heavy atom. The van der Waals surface area contributed by atoms with E-state index in [1.54, 1.807) is 30.2 Å². The van der Waals surface area contributed by atoms with Crippen LogP contribution in [0.5, 0.6) is 11.5 Å². The van der Waals surface area contributed by atoms with Gasteiger partial charge < -0.3 is 24.6 Å². The summed E-state index contributed by atoms with van der Waals surface area (Å²) in [6.45, 7) is 0.983. The molecule has 14 heteroatoms. The number of carbonyl (C=O) groups is 2. The zero-order valence-electron chi connectivity index (χ0n) is 25.4. The SMILES string of the molecule is COc1ccc2c(c1)CCN(C1CCN(C(=O)Cn3cc(-c4cccc(OC)c4Cl)c(=O)n(CCS(C)=O)c3=O)CC1)C(=O)N2. The van der Waals surface area contributed by atoms with E-state index in [9.17, 15) is 23.4 Å². The Morgan fingerprint density at radius 1 is 1.04 bits per heavy atom. The molecule has 1 fully saturated rings. The molecule has 0 bridgehead atoms. The summed E-state index contributed by atoms with van der Waals surface area (Å²) in [7, 11) is 1.81. The van der Waals surface area contributed by atoms with Crippen molar-refractivity contribution in [3.63, 3.8) is 0 Å².